The van der Waals surface area contributed by atoms with Crippen molar-refractivity contribution in [1.29, 1.82) is 0 Å². The Balaban J connectivity index is 1.34. The van der Waals surface area contributed by atoms with Crippen molar-refractivity contribution in [2.24, 2.45) is 0 Å². The van der Waals surface area contributed by atoms with E-state index in [1.54, 1.807) is 25.3 Å². The number of carbonyl (C=O) groups is 1. The molecule has 1 atom stereocenters. The van der Waals surface area contributed by atoms with Crippen molar-refractivity contribution < 1.29 is 18.7 Å². The van der Waals surface area contributed by atoms with Crippen molar-refractivity contribution in [3.8, 4) is 11.5 Å². The van der Waals surface area contributed by atoms with Crippen molar-refractivity contribution in [3.63, 3.8) is 0 Å². The summed E-state index contributed by atoms with van der Waals surface area (Å²) < 4.78 is 26.5. The second kappa shape index (κ2) is 11.0. The third-order valence-electron chi connectivity index (χ3n) is 7.28. The molecule has 36 heavy (non-hydrogen) atoms. The maximum absolute atomic E-state index is 14.5. The van der Waals surface area contributed by atoms with Crippen molar-refractivity contribution in [1.82, 2.24) is 14.9 Å². The van der Waals surface area contributed by atoms with E-state index in [0.29, 0.717) is 34.3 Å². The van der Waals surface area contributed by atoms with Gasteiger partial charge in [-0.25, -0.2) is 14.4 Å². The van der Waals surface area contributed by atoms with Crippen molar-refractivity contribution in [2.75, 3.05) is 19.0 Å². The highest BCUT2D eigenvalue weighted by Gasteiger charge is 2.32. The van der Waals surface area contributed by atoms with Crippen LogP contribution in [0.4, 0.5) is 15.9 Å². The molecule has 0 unspecified atom stereocenters. The zero-order valence-electron chi connectivity index (χ0n) is 20.3. The second-order valence-electron chi connectivity index (χ2n) is 9.45. The lowest BCUT2D eigenvalue weighted by Crippen LogP contribution is -2.49. The molecule has 190 valence electrons. The molecule has 1 aromatic heterocycles. The Morgan fingerprint density at radius 1 is 1.11 bits per heavy atom. The topological polar surface area (TPSA) is 76.6 Å². The van der Waals surface area contributed by atoms with E-state index in [4.69, 9.17) is 21.1 Å². The minimum Gasteiger partial charge on any atom is -0.493 e. The number of hydrogen-bond donors (Lipinski definition) is 1. The van der Waals surface area contributed by atoms with E-state index in [2.05, 4.69) is 20.2 Å². The number of piperidine rings is 1. The number of aldehydes is 1. The third-order valence-corrected chi connectivity index (χ3v) is 7.57. The number of rotatable bonds is 7. The predicted molar refractivity (Wildman–Crippen MR) is 138 cm³/mol. The lowest BCUT2D eigenvalue weighted by molar-refractivity contribution is -0.115. The van der Waals surface area contributed by atoms with Gasteiger partial charge in [0.05, 0.1) is 35.5 Å². The van der Waals surface area contributed by atoms with Crippen molar-refractivity contribution >= 4 is 40.3 Å². The number of halogens is 2. The van der Waals surface area contributed by atoms with Crippen LogP contribution in [0.15, 0.2) is 36.7 Å². The SMILES string of the molecule is COc1cc2ncnc(Nc3cccc(Cl)c3F)c2cc1O[C@H]1CC[C@@H](N2CCCC[C@H]2C=O)CC1. The molecule has 5 rings (SSSR count). The molecule has 1 N–H and O–H groups in total. The van der Waals surface area contributed by atoms with E-state index in [1.165, 1.54) is 12.4 Å². The molecule has 0 amide bonds. The molecule has 1 saturated heterocycles. The fraction of sp³-hybridized carbons (Fsp3) is 0.444. The number of benzene rings is 2. The van der Waals surface area contributed by atoms with Gasteiger partial charge in [0.25, 0.3) is 0 Å². The van der Waals surface area contributed by atoms with Gasteiger partial charge in [-0.05, 0) is 63.3 Å². The Labute approximate surface area is 215 Å². The molecule has 3 aromatic rings. The van der Waals surface area contributed by atoms with Crippen LogP contribution in [0.2, 0.25) is 5.02 Å². The van der Waals surface area contributed by atoms with Gasteiger partial charge in [0, 0.05) is 17.5 Å². The fourth-order valence-electron chi connectivity index (χ4n) is 5.40. The first-order valence-corrected chi connectivity index (χ1v) is 12.9. The highest BCUT2D eigenvalue weighted by atomic mass is 35.5. The van der Waals surface area contributed by atoms with Gasteiger partial charge in [0.15, 0.2) is 17.3 Å². The van der Waals surface area contributed by atoms with E-state index in [9.17, 15) is 9.18 Å². The number of nitrogens with zero attached hydrogens (tertiary/aromatic N) is 3. The Morgan fingerprint density at radius 3 is 2.72 bits per heavy atom. The van der Waals surface area contributed by atoms with Gasteiger partial charge >= 0.3 is 0 Å². The summed E-state index contributed by atoms with van der Waals surface area (Å²) in [5, 5.41) is 3.75. The summed E-state index contributed by atoms with van der Waals surface area (Å²) in [6.07, 6.45) is 9.62. The van der Waals surface area contributed by atoms with Crippen molar-refractivity contribution in [2.45, 2.75) is 63.1 Å². The molecule has 1 aliphatic heterocycles. The van der Waals surface area contributed by atoms with E-state index in [-0.39, 0.29) is 22.9 Å². The molecule has 2 aromatic carbocycles. The molecule has 2 fully saturated rings. The van der Waals surface area contributed by atoms with Crippen LogP contribution in [-0.4, -0.2) is 53.0 Å². The predicted octanol–water partition coefficient (Wildman–Crippen LogP) is 5.92. The van der Waals surface area contributed by atoms with Crippen LogP contribution in [0, 0.1) is 5.82 Å². The zero-order chi connectivity index (χ0) is 25.1. The van der Waals surface area contributed by atoms with Crippen LogP contribution < -0.4 is 14.8 Å². The molecule has 7 nitrogen and oxygen atoms in total. The summed E-state index contributed by atoms with van der Waals surface area (Å²) in [5.41, 5.74) is 0.873. The van der Waals surface area contributed by atoms with Crippen molar-refractivity contribution in [3.05, 3.63) is 47.5 Å². The normalized spacial score (nSPS) is 22.8. The molecule has 2 aliphatic rings. The Morgan fingerprint density at radius 2 is 1.94 bits per heavy atom. The molecule has 1 aliphatic carbocycles. The molecule has 2 heterocycles. The summed E-state index contributed by atoms with van der Waals surface area (Å²) in [4.78, 5) is 22.6. The minimum atomic E-state index is -0.543. The maximum Gasteiger partial charge on any atom is 0.165 e. The summed E-state index contributed by atoms with van der Waals surface area (Å²) in [5.74, 6) is 1.09. The highest BCUT2D eigenvalue weighted by Crippen LogP contribution is 2.38. The van der Waals surface area contributed by atoms with Crippen LogP contribution in [-0.2, 0) is 4.79 Å². The molecular formula is C27H30ClFN4O3. The average Bonchev–Trinajstić information content (AvgIpc) is 2.91. The van der Waals surface area contributed by atoms with Gasteiger partial charge in [-0.3, -0.25) is 4.90 Å². The zero-order valence-corrected chi connectivity index (χ0v) is 21.0. The van der Waals surface area contributed by atoms with Crippen LogP contribution in [0.1, 0.15) is 44.9 Å². The van der Waals surface area contributed by atoms with E-state index in [1.807, 2.05) is 6.07 Å². The van der Waals surface area contributed by atoms with Gasteiger partial charge in [-0.2, -0.15) is 0 Å². The first kappa shape index (κ1) is 24.7. The highest BCUT2D eigenvalue weighted by molar-refractivity contribution is 6.31. The molecule has 0 radical (unpaired) electrons. The first-order chi connectivity index (χ1) is 17.6. The van der Waals surface area contributed by atoms with Gasteiger partial charge in [-0.1, -0.05) is 24.1 Å². The number of methoxy groups -OCH3 is 1. The molecular weight excluding hydrogens is 483 g/mol. The minimum absolute atomic E-state index is 0.0312. The van der Waals surface area contributed by atoms with Gasteiger partial charge in [0.1, 0.15) is 18.4 Å². The lowest BCUT2D eigenvalue weighted by Gasteiger charge is -2.42. The number of fused-ring (bicyclic) bond motifs is 1. The Bertz CT molecular complexity index is 1240. The number of hydrogen-bond acceptors (Lipinski definition) is 7. The van der Waals surface area contributed by atoms with Crippen LogP contribution in [0.5, 0.6) is 11.5 Å². The summed E-state index contributed by atoms with van der Waals surface area (Å²) >= 11 is 5.94. The smallest absolute Gasteiger partial charge is 0.165 e. The van der Waals surface area contributed by atoms with Gasteiger partial charge in [-0.15, -0.1) is 0 Å². The molecule has 1 saturated carbocycles. The van der Waals surface area contributed by atoms with Gasteiger partial charge < -0.3 is 19.6 Å². The number of ether oxygens (including phenoxy) is 2. The number of anilines is 2. The molecule has 0 bridgehead atoms. The van der Waals surface area contributed by atoms with Crippen LogP contribution in [0.3, 0.4) is 0 Å². The third kappa shape index (κ3) is 5.11. The summed E-state index contributed by atoms with van der Waals surface area (Å²) in [7, 11) is 1.60. The molecule has 9 heteroatoms. The standard InChI is InChI=1S/C27H30ClFN4O3/c1-35-24-14-23-20(27(31-16-30-23)32-22-7-4-6-21(28)26(22)29)13-25(24)36-19-10-8-17(9-11-19)33-12-3-2-5-18(33)15-34/h4,6-7,13-19H,2-3,5,8-12H2,1H3,(H,30,31,32)/t17-,18-,19+/m0/s1. The Hall–Kier alpha value is -2.97. The fourth-order valence-corrected chi connectivity index (χ4v) is 5.57. The quantitative estimate of drug-likeness (QED) is 0.394. The Kier molecular flexibility index (Phi) is 7.53. The monoisotopic (exact) mass is 512 g/mol. The first-order valence-electron chi connectivity index (χ1n) is 12.5. The van der Waals surface area contributed by atoms with E-state index >= 15 is 0 Å². The summed E-state index contributed by atoms with van der Waals surface area (Å²) in [6.45, 7) is 1.00. The van der Waals surface area contributed by atoms with Crippen LogP contribution in [0.25, 0.3) is 10.9 Å². The summed E-state index contributed by atoms with van der Waals surface area (Å²) in [6, 6.07) is 8.90. The van der Waals surface area contributed by atoms with E-state index in [0.717, 1.165) is 57.8 Å². The second-order valence-corrected chi connectivity index (χ2v) is 9.86. The number of carbonyl (C=O) groups excluding carboxylic acids is 1. The van der Waals surface area contributed by atoms with E-state index < -0.39 is 5.82 Å². The number of nitrogens with one attached hydrogen (secondary N) is 1. The number of likely N-dealkylation sites (tertiary alicyclic amines) is 1. The van der Waals surface area contributed by atoms with Crippen LogP contribution >= 0.6 is 11.6 Å². The average molecular weight is 513 g/mol. The molecule has 0 spiro atoms. The lowest BCUT2D eigenvalue weighted by atomic mass is 9.89. The largest absolute Gasteiger partial charge is 0.493 e. The number of aromatic nitrogens is 2. The van der Waals surface area contributed by atoms with Gasteiger partial charge in [0.2, 0.25) is 0 Å². The maximum atomic E-state index is 14.5.